The molecule has 0 saturated heterocycles. The molecule has 18 heavy (non-hydrogen) atoms. The fourth-order valence-electron chi connectivity index (χ4n) is 2.36. The van der Waals surface area contributed by atoms with Gasteiger partial charge in [0.15, 0.2) is 0 Å². The number of fused-ring (bicyclic) bond motifs is 1. The molecule has 1 heterocycles. The first-order valence-electron chi connectivity index (χ1n) is 6.29. The fourth-order valence-corrected chi connectivity index (χ4v) is 2.36. The van der Waals surface area contributed by atoms with E-state index in [2.05, 4.69) is 36.9 Å². The van der Waals surface area contributed by atoms with Gasteiger partial charge in [0, 0.05) is 0 Å². The van der Waals surface area contributed by atoms with E-state index in [1.165, 1.54) is 22.3 Å². The first-order valence-corrected chi connectivity index (χ1v) is 6.29. The second kappa shape index (κ2) is 4.79. The van der Waals surface area contributed by atoms with Crippen LogP contribution < -0.4 is 0 Å². The van der Waals surface area contributed by atoms with E-state index < -0.39 is 0 Å². The van der Waals surface area contributed by atoms with Crippen molar-refractivity contribution in [3.8, 4) is 0 Å². The molecule has 0 aromatic heterocycles. The van der Waals surface area contributed by atoms with E-state index in [0.717, 1.165) is 25.2 Å². The molecule has 0 amide bonds. The standard InChI is InChI=1S/C17H16O/c1-13(14-5-3-2-4-6-14)15-7-8-17-12-18-10-9-16(17)11-15/h2-8,11H,1,9-10,12H2. The second-order valence-electron chi connectivity index (χ2n) is 4.63. The third-order valence-electron chi connectivity index (χ3n) is 3.45. The zero-order valence-electron chi connectivity index (χ0n) is 10.4. The molecule has 1 aliphatic rings. The van der Waals surface area contributed by atoms with Crippen LogP contribution in [0.15, 0.2) is 55.1 Å². The molecular formula is C17H16O. The summed E-state index contributed by atoms with van der Waals surface area (Å²) in [7, 11) is 0. The number of hydrogen-bond donors (Lipinski definition) is 0. The smallest absolute Gasteiger partial charge is 0.0719 e. The summed E-state index contributed by atoms with van der Waals surface area (Å²) in [4.78, 5) is 0. The van der Waals surface area contributed by atoms with Crippen LogP contribution in [-0.2, 0) is 17.8 Å². The molecule has 1 nitrogen and oxygen atoms in total. The van der Waals surface area contributed by atoms with E-state index in [0.29, 0.717) is 0 Å². The Morgan fingerprint density at radius 3 is 2.61 bits per heavy atom. The van der Waals surface area contributed by atoms with Crippen molar-refractivity contribution in [1.29, 1.82) is 0 Å². The maximum atomic E-state index is 5.46. The first kappa shape index (κ1) is 11.2. The summed E-state index contributed by atoms with van der Waals surface area (Å²) in [5.74, 6) is 0. The van der Waals surface area contributed by atoms with E-state index in [9.17, 15) is 0 Å². The lowest BCUT2D eigenvalue weighted by Gasteiger charge is -2.18. The van der Waals surface area contributed by atoms with Gasteiger partial charge in [0.25, 0.3) is 0 Å². The van der Waals surface area contributed by atoms with Crippen molar-refractivity contribution >= 4 is 5.57 Å². The summed E-state index contributed by atoms with van der Waals surface area (Å²) in [5, 5.41) is 0. The van der Waals surface area contributed by atoms with E-state index in [4.69, 9.17) is 4.74 Å². The Morgan fingerprint density at radius 1 is 0.944 bits per heavy atom. The van der Waals surface area contributed by atoms with E-state index in [-0.39, 0.29) is 0 Å². The maximum Gasteiger partial charge on any atom is 0.0719 e. The summed E-state index contributed by atoms with van der Waals surface area (Å²) in [6.07, 6.45) is 1.01. The predicted molar refractivity (Wildman–Crippen MR) is 74.4 cm³/mol. The van der Waals surface area contributed by atoms with Crippen LogP contribution >= 0.6 is 0 Å². The van der Waals surface area contributed by atoms with Crippen molar-refractivity contribution in [2.75, 3.05) is 6.61 Å². The summed E-state index contributed by atoms with van der Waals surface area (Å²) in [6, 6.07) is 16.9. The SMILES string of the molecule is C=C(c1ccccc1)c1ccc2c(c1)CCOC2. The van der Waals surface area contributed by atoms with Crippen LogP contribution in [0.3, 0.4) is 0 Å². The van der Waals surface area contributed by atoms with Crippen LogP contribution in [-0.4, -0.2) is 6.61 Å². The molecule has 0 atom stereocenters. The second-order valence-corrected chi connectivity index (χ2v) is 4.63. The molecule has 2 aromatic carbocycles. The van der Waals surface area contributed by atoms with Gasteiger partial charge in [0.1, 0.15) is 0 Å². The van der Waals surface area contributed by atoms with Gasteiger partial charge in [0.05, 0.1) is 13.2 Å². The lowest BCUT2D eigenvalue weighted by molar-refractivity contribution is 0.111. The Bertz CT molecular complexity index is 569. The average molecular weight is 236 g/mol. The number of rotatable bonds is 2. The van der Waals surface area contributed by atoms with Gasteiger partial charge in [-0.3, -0.25) is 0 Å². The minimum Gasteiger partial charge on any atom is -0.376 e. The molecule has 0 aliphatic carbocycles. The van der Waals surface area contributed by atoms with Crippen molar-refractivity contribution in [2.45, 2.75) is 13.0 Å². The monoisotopic (exact) mass is 236 g/mol. The number of hydrogen-bond acceptors (Lipinski definition) is 1. The van der Waals surface area contributed by atoms with Gasteiger partial charge in [-0.05, 0) is 34.2 Å². The highest BCUT2D eigenvalue weighted by atomic mass is 16.5. The number of benzene rings is 2. The largest absolute Gasteiger partial charge is 0.376 e. The average Bonchev–Trinajstić information content (AvgIpc) is 2.47. The molecule has 0 fully saturated rings. The van der Waals surface area contributed by atoms with Crippen molar-refractivity contribution in [2.24, 2.45) is 0 Å². The Morgan fingerprint density at radius 2 is 1.78 bits per heavy atom. The van der Waals surface area contributed by atoms with Gasteiger partial charge < -0.3 is 4.74 Å². The van der Waals surface area contributed by atoms with Gasteiger partial charge >= 0.3 is 0 Å². The number of ether oxygens (including phenoxy) is 1. The van der Waals surface area contributed by atoms with Crippen LogP contribution in [0.5, 0.6) is 0 Å². The quantitative estimate of drug-likeness (QED) is 0.770. The van der Waals surface area contributed by atoms with Gasteiger partial charge in [-0.15, -0.1) is 0 Å². The topological polar surface area (TPSA) is 9.23 Å². The molecule has 1 aliphatic heterocycles. The summed E-state index contributed by atoms with van der Waals surface area (Å²) < 4.78 is 5.46. The predicted octanol–water partition coefficient (Wildman–Crippen LogP) is 3.82. The Hall–Kier alpha value is -1.86. The van der Waals surface area contributed by atoms with Gasteiger partial charge in [-0.25, -0.2) is 0 Å². The maximum absolute atomic E-state index is 5.46. The van der Waals surface area contributed by atoms with Crippen molar-refractivity contribution in [3.05, 3.63) is 77.4 Å². The fraction of sp³-hybridized carbons (Fsp3) is 0.176. The first-order chi connectivity index (χ1) is 8.84. The van der Waals surface area contributed by atoms with Crippen LogP contribution in [0.1, 0.15) is 22.3 Å². The van der Waals surface area contributed by atoms with E-state index in [1.807, 2.05) is 18.2 Å². The Balaban J connectivity index is 1.95. The van der Waals surface area contributed by atoms with Gasteiger partial charge in [-0.2, -0.15) is 0 Å². The Kier molecular flexibility index (Phi) is 2.99. The lowest BCUT2D eigenvalue weighted by Crippen LogP contribution is -2.09. The normalized spacial score (nSPS) is 14.0. The molecule has 1 heteroatoms. The summed E-state index contributed by atoms with van der Waals surface area (Å²) >= 11 is 0. The highest BCUT2D eigenvalue weighted by Gasteiger charge is 2.11. The molecule has 3 rings (SSSR count). The molecule has 0 radical (unpaired) electrons. The third-order valence-corrected chi connectivity index (χ3v) is 3.45. The van der Waals surface area contributed by atoms with Crippen LogP contribution in [0.4, 0.5) is 0 Å². The third kappa shape index (κ3) is 2.09. The molecule has 2 aromatic rings. The lowest BCUT2D eigenvalue weighted by atomic mass is 9.94. The molecule has 0 spiro atoms. The van der Waals surface area contributed by atoms with E-state index in [1.54, 1.807) is 0 Å². The van der Waals surface area contributed by atoms with Crippen molar-refractivity contribution in [3.63, 3.8) is 0 Å². The summed E-state index contributed by atoms with van der Waals surface area (Å²) in [5.41, 5.74) is 6.19. The molecule has 0 saturated carbocycles. The van der Waals surface area contributed by atoms with Crippen molar-refractivity contribution in [1.82, 2.24) is 0 Å². The summed E-state index contributed by atoms with van der Waals surface area (Å²) in [6.45, 7) is 5.78. The highest BCUT2D eigenvalue weighted by Crippen LogP contribution is 2.25. The van der Waals surface area contributed by atoms with Gasteiger partial charge in [0.2, 0.25) is 0 Å². The zero-order valence-corrected chi connectivity index (χ0v) is 10.4. The molecule has 0 bridgehead atoms. The molecular weight excluding hydrogens is 220 g/mol. The van der Waals surface area contributed by atoms with Crippen LogP contribution in [0.2, 0.25) is 0 Å². The van der Waals surface area contributed by atoms with Crippen molar-refractivity contribution < 1.29 is 4.74 Å². The van der Waals surface area contributed by atoms with Crippen LogP contribution in [0, 0.1) is 0 Å². The Labute approximate surface area is 108 Å². The minimum atomic E-state index is 0.743. The molecule has 0 N–H and O–H groups in total. The molecule has 90 valence electrons. The van der Waals surface area contributed by atoms with Gasteiger partial charge in [-0.1, -0.05) is 55.1 Å². The minimum absolute atomic E-state index is 0.743. The zero-order chi connectivity index (χ0) is 12.4. The van der Waals surface area contributed by atoms with Crippen LogP contribution in [0.25, 0.3) is 5.57 Å². The van der Waals surface area contributed by atoms with E-state index >= 15 is 0 Å². The highest BCUT2D eigenvalue weighted by molar-refractivity contribution is 5.78. The molecule has 0 unspecified atom stereocenters.